The van der Waals surface area contributed by atoms with Gasteiger partial charge in [0.1, 0.15) is 23.9 Å². The number of thioether (sulfide) groups is 1. The summed E-state index contributed by atoms with van der Waals surface area (Å²) in [7, 11) is 3.06. The minimum Gasteiger partial charge on any atom is -0.497 e. The lowest BCUT2D eigenvalue weighted by Gasteiger charge is -2.13. The molecule has 28 heavy (non-hydrogen) atoms. The summed E-state index contributed by atoms with van der Waals surface area (Å²) in [6, 6.07) is 5.01. The van der Waals surface area contributed by atoms with E-state index in [1.54, 1.807) is 41.8 Å². The van der Waals surface area contributed by atoms with E-state index in [0.29, 0.717) is 29.4 Å². The number of anilines is 1. The Morgan fingerprint density at radius 3 is 2.79 bits per heavy atom. The van der Waals surface area contributed by atoms with Crippen molar-refractivity contribution in [3.63, 3.8) is 0 Å². The molecule has 0 spiro atoms. The third-order valence-corrected chi connectivity index (χ3v) is 5.34. The van der Waals surface area contributed by atoms with Crippen molar-refractivity contribution in [3.8, 4) is 11.5 Å². The molecule has 2 aromatic rings. The first kappa shape index (κ1) is 20.1. The van der Waals surface area contributed by atoms with Crippen LogP contribution in [0, 0.1) is 0 Å². The van der Waals surface area contributed by atoms with Gasteiger partial charge in [0.25, 0.3) is 5.91 Å². The van der Waals surface area contributed by atoms with Crippen LogP contribution in [-0.4, -0.2) is 42.4 Å². The Bertz CT molecular complexity index is 881. The minimum atomic E-state index is -0.325. The van der Waals surface area contributed by atoms with Crippen LogP contribution in [0.1, 0.15) is 35.0 Å². The van der Waals surface area contributed by atoms with Gasteiger partial charge in [0.15, 0.2) is 0 Å². The van der Waals surface area contributed by atoms with Crippen LogP contribution in [0.5, 0.6) is 11.5 Å². The van der Waals surface area contributed by atoms with Gasteiger partial charge < -0.3 is 20.1 Å². The molecule has 0 saturated heterocycles. The number of amides is 2. The Balaban J connectivity index is 1.85. The van der Waals surface area contributed by atoms with Gasteiger partial charge >= 0.3 is 0 Å². The van der Waals surface area contributed by atoms with Gasteiger partial charge in [-0.1, -0.05) is 6.92 Å². The molecule has 0 saturated carbocycles. The van der Waals surface area contributed by atoms with Crippen LogP contribution in [0.25, 0.3) is 0 Å². The van der Waals surface area contributed by atoms with Crippen molar-refractivity contribution in [3.05, 3.63) is 35.0 Å². The van der Waals surface area contributed by atoms with Crippen LogP contribution in [0.4, 0.5) is 5.82 Å². The maximum absolute atomic E-state index is 12.9. The van der Waals surface area contributed by atoms with E-state index in [1.807, 2.05) is 6.92 Å². The monoisotopic (exact) mass is 404 g/mol. The number of hydrogen-bond acceptors (Lipinski definition) is 6. The molecule has 0 radical (unpaired) electrons. The first-order chi connectivity index (χ1) is 13.6. The molecule has 150 valence electrons. The van der Waals surface area contributed by atoms with Crippen molar-refractivity contribution in [2.24, 2.45) is 0 Å². The molecule has 1 aromatic carbocycles. The molecule has 3 rings (SSSR count). The van der Waals surface area contributed by atoms with Gasteiger partial charge in [-0.05, 0) is 18.6 Å². The number of fused-ring (bicyclic) bond motifs is 1. The largest absolute Gasteiger partial charge is 0.497 e. The molecule has 0 atom stereocenters. The normalized spacial score (nSPS) is 12.4. The van der Waals surface area contributed by atoms with Gasteiger partial charge in [0.05, 0.1) is 25.5 Å². The predicted octanol–water partition coefficient (Wildman–Crippen LogP) is 2.43. The molecule has 2 N–H and O–H groups in total. The van der Waals surface area contributed by atoms with Crippen molar-refractivity contribution in [2.45, 2.75) is 31.4 Å². The van der Waals surface area contributed by atoms with Gasteiger partial charge in [-0.25, -0.2) is 4.68 Å². The fourth-order valence-corrected chi connectivity index (χ4v) is 3.97. The zero-order valence-corrected chi connectivity index (χ0v) is 17.0. The van der Waals surface area contributed by atoms with Gasteiger partial charge in [-0.15, -0.1) is 0 Å². The molecule has 2 amide bonds. The van der Waals surface area contributed by atoms with Crippen LogP contribution in [0.3, 0.4) is 0 Å². The average Bonchev–Trinajstić information content (AvgIpc) is 3.28. The number of aromatic nitrogens is 2. The Morgan fingerprint density at radius 1 is 1.25 bits per heavy atom. The zero-order chi connectivity index (χ0) is 20.1. The Labute approximate surface area is 168 Å². The molecular formula is C19H24N4O4S. The molecule has 0 fully saturated rings. The van der Waals surface area contributed by atoms with Gasteiger partial charge in [-0.2, -0.15) is 16.9 Å². The van der Waals surface area contributed by atoms with E-state index in [9.17, 15) is 9.59 Å². The van der Waals surface area contributed by atoms with E-state index in [-0.39, 0.29) is 18.4 Å². The number of carbonyl (C=O) groups excluding carboxylic acids is 2. The van der Waals surface area contributed by atoms with E-state index in [4.69, 9.17) is 9.47 Å². The minimum absolute atomic E-state index is 0.0625. The third kappa shape index (κ3) is 4.24. The fraction of sp³-hybridized carbons (Fsp3) is 0.421. The third-order valence-electron chi connectivity index (χ3n) is 4.37. The Hall–Kier alpha value is -2.68. The van der Waals surface area contributed by atoms with Crippen LogP contribution in [0.15, 0.2) is 18.2 Å². The molecule has 0 bridgehead atoms. The molecule has 1 aromatic heterocycles. The lowest BCUT2D eigenvalue weighted by molar-refractivity contribution is -0.121. The summed E-state index contributed by atoms with van der Waals surface area (Å²) in [4.78, 5) is 25.1. The molecule has 8 nitrogen and oxygen atoms in total. The summed E-state index contributed by atoms with van der Waals surface area (Å²) in [6.07, 6.45) is 0.860. The highest BCUT2D eigenvalue weighted by molar-refractivity contribution is 7.98. The maximum Gasteiger partial charge on any atom is 0.260 e. The summed E-state index contributed by atoms with van der Waals surface area (Å²) < 4.78 is 12.1. The fourth-order valence-electron chi connectivity index (χ4n) is 2.94. The highest BCUT2D eigenvalue weighted by Gasteiger charge is 2.26. The molecule has 9 heteroatoms. The quantitative estimate of drug-likeness (QED) is 0.702. The van der Waals surface area contributed by atoms with Crippen molar-refractivity contribution in [1.82, 2.24) is 15.1 Å². The van der Waals surface area contributed by atoms with Gasteiger partial charge in [0, 0.05) is 29.7 Å². The number of methoxy groups -OCH3 is 2. The van der Waals surface area contributed by atoms with E-state index in [2.05, 4.69) is 15.7 Å². The summed E-state index contributed by atoms with van der Waals surface area (Å²) >= 11 is 1.73. The SMILES string of the molecule is CCCNC(=O)Cn1nc2c(c1NC(=O)c1ccc(OC)cc1OC)CSC2. The standard InChI is InChI=1S/C19H24N4O4S/c1-4-7-20-17(24)9-23-18(14-10-28-11-15(14)22-23)21-19(25)13-6-5-12(26-2)8-16(13)27-3/h5-6,8H,4,7,9-11H2,1-3H3,(H,20,24)(H,21,25). The van der Waals surface area contributed by atoms with E-state index in [0.717, 1.165) is 29.2 Å². The highest BCUT2D eigenvalue weighted by atomic mass is 32.2. The number of benzene rings is 1. The molecule has 1 aliphatic rings. The lowest BCUT2D eigenvalue weighted by Crippen LogP contribution is -2.29. The van der Waals surface area contributed by atoms with Crippen molar-refractivity contribution >= 4 is 29.4 Å². The summed E-state index contributed by atoms with van der Waals surface area (Å²) in [5.41, 5.74) is 2.25. The second kappa shape index (κ2) is 9.01. The van der Waals surface area contributed by atoms with Crippen LogP contribution in [-0.2, 0) is 22.8 Å². The van der Waals surface area contributed by atoms with Gasteiger partial charge in [-0.3, -0.25) is 9.59 Å². The van der Waals surface area contributed by atoms with E-state index >= 15 is 0 Å². The number of nitrogens with zero attached hydrogens (tertiary/aromatic N) is 2. The van der Waals surface area contributed by atoms with Crippen molar-refractivity contribution in [1.29, 1.82) is 0 Å². The summed E-state index contributed by atoms with van der Waals surface area (Å²) in [5.74, 6) is 2.64. The number of hydrogen-bond donors (Lipinski definition) is 2. The topological polar surface area (TPSA) is 94.5 Å². The predicted molar refractivity (Wildman–Crippen MR) is 108 cm³/mol. The number of nitrogens with one attached hydrogen (secondary N) is 2. The molecule has 1 aliphatic heterocycles. The second-order valence-corrected chi connectivity index (χ2v) is 7.28. The van der Waals surface area contributed by atoms with Crippen LogP contribution < -0.4 is 20.1 Å². The average molecular weight is 404 g/mol. The molecular weight excluding hydrogens is 380 g/mol. The van der Waals surface area contributed by atoms with Crippen LogP contribution in [0.2, 0.25) is 0 Å². The molecule has 0 unspecified atom stereocenters. The highest BCUT2D eigenvalue weighted by Crippen LogP contribution is 2.35. The first-order valence-corrected chi connectivity index (χ1v) is 10.2. The summed E-state index contributed by atoms with van der Waals surface area (Å²) in [6.45, 7) is 2.67. The molecule has 0 aliphatic carbocycles. The zero-order valence-electron chi connectivity index (χ0n) is 16.2. The van der Waals surface area contributed by atoms with Crippen molar-refractivity contribution in [2.75, 3.05) is 26.1 Å². The van der Waals surface area contributed by atoms with Gasteiger partial charge in [0.2, 0.25) is 5.91 Å². The Morgan fingerprint density at radius 2 is 2.07 bits per heavy atom. The number of rotatable bonds is 8. The van der Waals surface area contributed by atoms with E-state index < -0.39 is 0 Å². The maximum atomic E-state index is 12.9. The smallest absolute Gasteiger partial charge is 0.260 e. The van der Waals surface area contributed by atoms with Crippen molar-refractivity contribution < 1.29 is 19.1 Å². The lowest BCUT2D eigenvalue weighted by atomic mass is 10.1. The Kier molecular flexibility index (Phi) is 6.45. The summed E-state index contributed by atoms with van der Waals surface area (Å²) in [5, 5.41) is 10.3. The molecule has 2 heterocycles. The first-order valence-electron chi connectivity index (χ1n) is 9.03. The number of carbonyl (C=O) groups is 2. The number of ether oxygens (including phenoxy) is 2. The van der Waals surface area contributed by atoms with E-state index in [1.165, 1.54) is 7.11 Å². The second-order valence-electron chi connectivity index (χ2n) is 6.29. The van der Waals surface area contributed by atoms with Crippen LogP contribution >= 0.6 is 11.8 Å².